The van der Waals surface area contributed by atoms with Gasteiger partial charge in [0.25, 0.3) is 0 Å². The number of unbranched alkanes of at least 4 members (excludes halogenated alkanes) is 1. The molecule has 0 amide bonds. The minimum Gasteiger partial charge on any atom is -0.385 e. The minimum absolute atomic E-state index is 0. The summed E-state index contributed by atoms with van der Waals surface area (Å²) in [6.45, 7) is 9.73. The van der Waals surface area contributed by atoms with Gasteiger partial charge in [0.2, 0.25) is 0 Å². The molecule has 1 saturated carbocycles. The summed E-state index contributed by atoms with van der Waals surface area (Å²) >= 11 is 0. The van der Waals surface area contributed by atoms with E-state index in [1.165, 1.54) is 64.6 Å². The molecule has 0 aromatic rings. The average molecular weight is 466 g/mol. The topological polar surface area (TPSA) is 48.9 Å². The van der Waals surface area contributed by atoms with Gasteiger partial charge in [-0.1, -0.05) is 6.42 Å². The molecule has 2 fully saturated rings. The number of methoxy groups -OCH3 is 1. The van der Waals surface area contributed by atoms with Crippen LogP contribution in [0, 0.1) is 5.41 Å². The second kappa shape index (κ2) is 13.1. The van der Waals surface area contributed by atoms with Gasteiger partial charge in [-0.3, -0.25) is 4.99 Å². The highest BCUT2D eigenvalue weighted by molar-refractivity contribution is 14.0. The third kappa shape index (κ3) is 8.43. The van der Waals surface area contributed by atoms with E-state index >= 15 is 0 Å². The lowest BCUT2D eigenvalue weighted by Gasteiger charge is -2.40. The Balaban J connectivity index is 0.00000312. The summed E-state index contributed by atoms with van der Waals surface area (Å²) in [6, 6.07) is 0. The Kier molecular flexibility index (Phi) is 12.1. The summed E-state index contributed by atoms with van der Waals surface area (Å²) < 4.78 is 5.28. The van der Waals surface area contributed by atoms with Gasteiger partial charge >= 0.3 is 0 Å². The maximum absolute atomic E-state index is 5.28. The molecule has 0 spiro atoms. The second-order valence-corrected chi connectivity index (χ2v) is 7.47. The SMILES string of the molecule is CCNC(=NCC1(CCOC)CCC1)NCCCCN1CCCC1.I. The van der Waals surface area contributed by atoms with E-state index in [0.29, 0.717) is 5.41 Å². The number of nitrogens with one attached hydrogen (secondary N) is 2. The molecule has 5 nitrogen and oxygen atoms in total. The third-order valence-electron chi connectivity index (χ3n) is 5.56. The van der Waals surface area contributed by atoms with Crippen LogP contribution < -0.4 is 10.6 Å². The number of hydrogen-bond donors (Lipinski definition) is 2. The van der Waals surface area contributed by atoms with Crippen LogP contribution in [0.4, 0.5) is 0 Å². The summed E-state index contributed by atoms with van der Waals surface area (Å²) in [5.74, 6) is 0.988. The fourth-order valence-corrected chi connectivity index (χ4v) is 3.74. The molecule has 2 rings (SSSR count). The lowest BCUT2D eigenvalue weighted by atomic mass is 9.67. The Bertz CT molecular complexity index is 368. The molecule has 2 N–H and O–H groups in total. The van der Waals surface area contributed by atoms with Crippen molar-refractivity contribution in [3.05, 3.63) is 0 Å². The van der Waals surface area contributed by atoms with Crippen molar-refractivity contribution in [2.75, 3.05) is 53.0 Å². The lowest BCUT2D eigenvalue weighted by Crippen LogP contribution is -2.40. The Morgan fingerprint density at radius 3 is 2.48 bits per heavy atom. The van der Waals surface area contributed by atoms with Crippen molar-refractivity contribution in [2.24, 2.45) is 10.4 Å². The molecule has 6 heteroatoms. The van der Waals surface area contributed by atoms with Crippen LogP contribution in [0.15, 0.2) is 4.99 Å². The van der Waals surface area contributed by atoms with Gasteiger partial charge in [0, 0.05) is 33.4 Å². The summed E-state index contributed by atoms with van der Waals surface area (Å²) in [7, 11) is 1.80. The van der Waals surface area contributed by atoms with E-state index in [-0.39, 0.29) is 24.0 Å². The maximum Gasteiger partial charge on any atom is 0.191 e. The van der Waals surface area contributed by atoms with Crippen molar-refractivity contribution < 1.29 is 4.74 Å². The maximum atomic E-state index is 5.28. The van der Waals surface area contributed by atoms with E-state index in [1.807, 2.05) is 0 Å². The van der Waals surface area contributed by atoms with Crippen molar-refractivity contribution >= 4 is 29.9 Å². The van der Waals surface area contributed by atoms with Crippen LogP contribution in [0.3, 0.4) is 0 Å². The number of aliphatic imine (C=N–C) groups is 1. The van der Waals surface area contributed by atoms with E-state index in [9.17, 15) is 0 Å². The minimum atomic E-state index is 0. The number of likely N-dealkylation sites (tertiary alicyclic amines) is 1. The van der Waals surface area contributed by atoms with Gasteiger partial charge < -0.3 is 20.3 Å². The molecular formula is C19H39IN4O. The highest BCUT2D eigenvalue weighted by Crippen LogP contribution is 2.44. The van der Waals surface area contributed by atoms with Crippen molar-refractivity contribution in [3.8, 4) is 0 Å². The number of rotatable bonds is 11. The first-order chi connectivity index (χ1) is 11.8. The number of guanidine groups is 1. The van der Waals surface area contributed by atoms with E-state index in [2.05, 4.69) is 22.5 Å². The Labute approximate surface area is 171 Å². The summed E-state index contributed by atoms with van der Waals surface area (Å²) in [4.78, 5) is 7.46. The van der Waals surface area contributed by atoms with Gasteiger partial charge in [-0.05, 0) is 76.9 Å². The number of ether oxygens (including phenoxy) is 1. The molecule has 1 aliphatic heterocycles. The Hall–Kier alpha value is -0.0800. The van der Waals surface area contributed by atoms with Crippen molar-refractivity contribution in [1.82, 2.24) is 15.5 Å². The Morgan fingerprint density at radius 2 is 1.88 bits per heavy atom. The fraction of sp³-hybridized carbons (Fsp3) is 0.947. The number of halogens is 1. The van der Waals surface area contributed by atoms with Crippen LogP contribution in [0.5, 0.6) is 0 Å². The third-order valence-corrected chi connectivity index (χ3v) is 5.56. The molecular weight excluding hydrogens is 427 g/mol. The highest BCUT2D eigenvalue weighted by atomic mass is 127. The quantitative estimate of drug-likeness (QED) is 0.213. The smallest absolute Gasteiger partial charge is 0.191 e. The van der Waals surface area contributed by atoms with Crippen molar-refractivity contribution in [3.63, 3.8) is 0 Å². The first-order valence-electron chi connectivity index (χ1n) is 10.0. The van der Waals surface area contributed by atoms with Gasteiger partial charge in [0.1, 0.15) is 0 Å². The molecule has 25 heavy (non-hydrogen) atoms. The van der Waals surface area contributed by atoms with E-state index in [0.717, 1.165) is 38.6 Å². The first kappa shape index (κ1) is 23.0. The van der Waals surface area contributed by atoms with Crippen LogP contribution in [0.1, 0.15) is 58.3 Å². The summed E-state index contributed by atoms with van der Waals surface area (Å²) in [5, 5.41) is 6.90. The molecule has 0 aromatic heterocycles. The standard InChI is InChI=1S/C19H38N4O.HI/c1-3-20-18(21-12-4-5-13-23-14-6-7-15-23)22-17-19(9-8-10-19)11-16-24-2;/h3-17H2,1-2H3,(H2,20,21,22);1H. The summed E-state index contributed by atoms with van der Waals surface area (Å²) in [5.41, 5.74) is 0.397. The number of nitrogens with zero attached hydrogens (tertiary/aromatic N) is 2. The largest absolute Gasteiger partial charge is 0.385 e. The predicted molar refractivity (Wildman–Crippen MR) is 117 cm³/mol. The molecule has 0 unspecified atom stereocenters. The molecule has 0 aromatic carbocycles. The second-order valence-electron chi connectivity index (χ2n) is 7.47. The molecule has 1 heterocycles. The highest BCUT2D eigenvalue weighted by Gasteiger charge is 2.36. The predicted octanol–water partition coefficient (Wildman–Crippen LogP) is 3.24. The molecule has 2 aliphatic rings. The van der Waals surface area contributed by atoms with Crippen LogP contribution in [0.2, 0.25) is 0 Å². The zero-order valence-electron chi connectivity index (χ0n) is 16.3. The van der Waals surface area contributed by atoms with E-state index in [4.69, 9.17) is 9.73 Å². The monoisotopic (exact) mass is 466 g/mol. The lowest BCUT2D eigenvalue weighted by molar-refractivity contribution is 0.0778. The van der Waals surface area contributed by atoms with E-state index < -0.39 is 0 Å². The van der Waals surface area contributed by atoms with E-state index in [1.54, 1.807) is 7.11 Å². The first-order valence-corrected chi connectivity index (χ1v) is 10.0. The number of hydrogen-bond acceptors (Lipinski definition) is 3. The zero-order chi connectivity index (χ0) is 17.1. The molecule has 148 valence electrons. The van der Waals surface area contributed by atoms with Gasteiger partial charge in [0.05, 0.1) is 0 Å². The van der Waals surface area contributed by atoms with Crippen molar-refractivity contribution in [2.45, 2.75) is 58.3 Å². The van der Waals surface area contributed by atoms with Crippen molar-refractivity contribution in [1.29, 1.82) is 0 Å². The van der Waals surface area contributed by atoms with Gasteiger partial charge in [-0.2, -0.15) is 0 Å². The average Bonchev–Trinajstić information content (AvgIpc) is 3.06. The van der Waals surface area contributed by atoms with Gasteiger partial charge in [-0.15, -0.1) is 24.0 Å². The fourth-order valence-electron chi connectivity index (χ4n) is 3.74. The molecule has 0 radical (unpaired) electrons. The van der Waals surface area contributed by atoms with Crippen LogP contribution in [-0.4, -0.2) is 63.8 Å². The Morgan fingerprint density at radius 1 is 1.12 bits per heavy atom. The molecule has 1 saturated heterocycles. The van der Waals surface area contributed by atoms with Crippen LogP contribution >= 0.6 is 24.0 Å². The molecule has 0 bridgehead atoms. The van der Waals surface area contributed by atoms with Gasteiger partial charge in [-0.25, -0.2) is 0 Å². The van der Waals surface area contributed by atoms with Gasteiger partial charge in [0.15, 0.2) is 5.96 Å². The zero-order valence-corrected chi connectivity index (χ0v) is 18.6. The normalized spacial score (nSPS) is 20.0. The molecule has 1 aliphatic carbocycles. The summed E-state index contributed by atoms with van der Waals surface area (Å²) in [6.07, 6.45) is 10.4. The molecule has 0 atom stereocenters. The van der Waals surface area contributed by atoms with Crippen LogP contribution in [0.25, 0.3) is 0 Å². The van der Waals surface area contributed by atoms with Crippen LogP contribution in [-0.2, 0) is 4.74 Å².